The molecule has 0 saturated heterocycles. The molecule has 0 aliphatic heterocycles. The number of aliphatic hydroxyl groups excluding tert-OH is 1. The van der Waals surface area contributed by atoms with Gasteiger partial charge < -0.3 is 33.8 Å². The monoisotopic (exact) mass is 1410 g/mol. The minimum Gasteiger partial charge on any atom is -0.462 e. The van der Waals surface area contributed by atoms with Crippen LogP contribution in [0.3, 0.4) is 0 Å². The summed E-state index contributed by atoms with van der Waals surface area (Å²) >= 11 is 0. The first-order valence-corrected chi connectivity index (χ1v) is 40.4. The maximum absolute atomic E-state index is 13.1. The Morgan fingerprint density at radius 2 is 0.551 bits per heavy atom. The van der Waals surface area contributed by atoms with Crippen molar-refractivity contribution in [3.8, 4) is 0 Å². The summed E-state index contributed by atoms with van der Waals surface area (Å²) in [5.74, 6) is -2.27. The van der Waals surface area contributed by atoms with E-state index in [0.717, 1.165) is 193 Å². The van der Waals surface area contributed by atoms with Gasteiger partial charge in [-0.3, -0.25) is 37.3 Å². The number of allylic oxidation sites excluding steroid dienone is 22. The lowest BCUT2D eigenvalue weighted by Gasteiger charge is -2.21. The van der Waals surface area contributed by atoms with Crippen LogP contribution in [0.15, 0.2) is 134 Å². The fourth-order valence-corrected chi connectivity index (χ4v) is 11.0. The van der Waals surface area contributed by atoms with Crippen LogP contribution in [0.4, 0.5) is 0 Å². The number of esters is 4. The van der Waals surface area contributed by atoms with E-state index in [-0.39, 0.29) is 25.7 Å². The molecule has 0 saturated carbocycles. The van der Waals surface area contributed by atoms with Crippen LogP contribution in [0, 0.1) is 0 Å². The van der Waals surface area contributed by atoms with Gasteiger partial charge in [-0.05, 0) is 148 Å². The molecule has 0 aromatic carbocycles. The van der Waals surface area contributed by atoms with E-state index >= 15 is 0 Å². The molecular formula is C79H132O17P2. The zero-order valence-electron chi connectivity index (χ0n) is 60.9. The van der Waals surface area contributed by atoms with Gasteiger partial charge in [0.25, 0.3) is 0 Å². The Kier molecular flexibility index (Phi) is 67.2. The average molecular weight is 1420 g/mol. The standard InChI is InChI=1S/C79H132O17P2/c1-5-9-13-17-21-25-29-32-34-35-36-37-39-42-45-48-52-56-60-64-77(82)90-70-75(96-79(84)66-62-58-54-50-46-40-31-27-23-19-15-11-7-3)72-94-98(87,88)92-68-73(80)67-91-97(85,86)93-71-74(95-78(83)65-61-57-53-49-43-28-24-20-16-12-8-4)69-89-76(81)63-59-55-51-47-44-41-38-33-30-26-22-18-14-10-6-2/h9-10,13-15,19-22,24-27,31-34,36-38,44,47,73-75,80H,5-8,11-12,16-18,23,28-30,35,39-43,45-46,48-72H2,1-4H3,(H,85,86)(H,87,88)/b13-9-,14-10-,19-15-,24-20-,25-21-,26-22-,31-27-,34-32-,37-36-,38-33-,47-44-. The minimum atomic E-state index is -4.99. The molecule has 0 heterocycles. The summed E-state index contributed by atoms with van der Waals surface area (Å²) in [4.78, 5) is 72.7. The van der Waals surface area contributed by atoms with Crippen molar-refractivity contribution in [2.24, 2.45) is 0 Å². The molecule has 5 unspecified atom stereocenters. The highest BCUT2D eigenvalue weighted by Crippen LogP contribution is 2.45. The highest BCUT2D eigenvalue weighted by atomic mass is 31.2. The summed E-state index contributed by atoms with van der Waals surface area (Å²) < 4.78 is 68.3. The van der Waals surface area contributed by atoms with Gasteiger partial charge in [-0.15, -0.1) is 0 Å². The molecule has 0 aromatic rings. The van der Waals surface area contributed by atoms with E-state index in [1.807, 2.05) is 0 Å². The highest BCUT2D eigenvalue weighted by molar-refractivity contribution is 7.47. The molecule has 98 heavy (non-hydrogen) atoms. The van der Waals surface area contributed by atoms with Gasteiger partial charge in [0.2, 0.25) is 0 Å². The zero-order valence-corrected chi connectivity index (χ0v) is 62.7. The van der Waals surface area contributed by atoms with Crippen molar-refractivity contribution in [3.05, 3.63) is 134 Å². The molecular weight excluding hydrogens is 1280 g/mol. The fraction of sp³-hybridized carbons (Fsp3) is 0.671. The van der Waals surface area contributed by atoms with Gasteiger partial charge in [-0.25, -0.2) is 9.13 Å². The van der Waals surface area contributed by atoms with E-state index < -0.39 is 97.5 Å². The lowest BCUT2D eigenvalue weighted by atomic mass is 10.1. The van der Waals surface area contributed by atoms with E-state index in [0.29, 0.717) is 25.7 Å². The molecule has 0 amide bonds. The van der Waals surface area contributed by atoms with Gasteiger partial charge in [0, 0.05) is 25.7 Å². The average Bonchev–Trinajstić information content (AvgIpc) is 0.972. The molecule has 17 nitrogen and oxygen atoms in total. The van der Waals surface area contributed by atoms with Crippen molar-refractivity contribution in [2.75, 3.05) is 39.6 Å². The third-order valence-electron chi connectivity index (χ3n) is 15.1. The minimum absolute atomic E-state index is 0.0711. The Balaban J connectivity index is 5.36. The summed E-state index contributed by atoms with van der Waals surface area (Å²) in [6, 6.07) is 0. The summed E-state index contributed by atoms with van der Waals surface area (Å²) in [5, 5.41) is 10.6. The normalized spacial score (nSPS) is 14.7. The van der Waals surface area contributed by atoms with E-state index in [4.69, 9.17) is 37.0 Å². The van der Waals surface area contributed by atoms with Crippen molar-refractivity contribution >= 4 is 39.5 Å². The number of phosphoric acid groups is 2. The molecule has 3 N–H and O–H groups in total. The SMILES string of the molecule is CC/C=C\C/C=C\C/C=C\C/C=C\CCCCCCCCC(=O)OCC(COP(=O)(O)OCC(O)COP(=O)(O)OCC(COC(=O)CCCC/C=C\C/C=C\C/C=C\C/C=C\CC)OC(=O)CCCCCCC/C=C\CCCC)OC(=O)CCCCCCC/C=C\C/C=C\CCC. The fourth-order valence-electron chi connectivity index (χ4n) is 9.40. The lowest BCUT2D eigenvalue weighted by Crippen LogP contribution is -2.30. The predicted molar refractivity (Wildman–Crippen MR) is 399 cm³/mol. The summed E-state index contributed by atoms with van der Waals surface area (Å²) in [6.45, 7) is 4.43. The molecule has 0 aromatic heterocycles. The van der Waals surface area contributed by atoms with E-state index in [2.05, 4.69) is 161 Å². The van der Waals surface area contributed by atoms with Gasteiger partial charge in [-0.2, -0.15) is 0 Å². The Morgan fingerprint density at radius 1 is 0.296 bits per heavy atom. The Labute approximate surface area is 593 Å². The third kappa shape index (κ3) is 69.7. The van der Waals surface area contributed by atoms with Crippen LogP contribution in [-0.4, -0.2) is 96.7 Å². The lowest BCUT2D eigenvalue weighted by molar-refractivity contribution is -0.161. The molecule has 0 fully saturated rings. The molecule has 0 aliphatic carbocycles. The number of ether oxygens (including phenoxy) is 4. The zero-order chi connectivity index (χ0) is 71.8. The molecule has 0 aliphatic rings. The van der Waals surface area contributed by atoms with Gasteiger partial charge in [-0.1, -0.05) is 245 Å². The largest absolute Gasteiger partial charge is 0.472 e. The summed E-state index contributed by atoms with van der Waals surface area (Å²) in [6.07, 6.45) is 77.4. The Hall–Kier alpha value is -4.80. The van der Waals surface area contributed by atoms with Crippen LogP contribution in [0.1, 0.15) is 285 Å². The topological polar surface area (TPSA) is 237 Å². The first kappa shape index (κ1) is 93.2. The molecule has 0 radical (unpaired) electrons. The van der Waals surface area contributed by atoms with Crippen LogP contribution in [0.2, 0.25) is 0 Å². The van der Waals surface area contributed by atoms with Crippen LogP contribution < -0.4 is 0 Å². The van der Waals surface area contributed by atoms with E-state index in [1.165, 1.54) is 12.8 Å². The summed E-state index contributed by atoms with van der Waals surface area (Å²) in [5.41, 5.74) is 0. The predicted octanol–water partition coefficient (Wildman–Crippen LogP) is 21.3. The second kappa shape index (κ2) is 70.6. The van der Waals surface area contributed by atoms with Crippen molar-refractivity contribution in [3.63, 3.8) is 0 Å². The van der Waals surface area contributed by atoms with E-state index in [9.17, 15) is 43.2 Å². The maximum Gasteiger partial charge on any atom is 0.472 e. The maximum atomic E-state index is 13.1. The quantitative estimate of drug-likeness (QED) is 0.0169. The number of hydrogen-bond acceptors (Lipinski definition) is 15. The second-order valence-electron chi connectivity index (χ2n) is 24.5. The Morgan fingerprint density at radius 3 is 0.888 bits per heavy atom. The first-order chi connectivity index (χ1) is 47.7. The highest BCUT2D eigenvalue weighted by Gasteiger charge is 2.30. The number of carbonyl (C=O) groups is 4. The number of rotatable bonds is 69. The molecule has 19 heteroatoms. The first-order valence-electron chi connectivity index (χ1n) is 37.4. The van der Waals surface area contributed by atoms with Crippen LogP contribution >= 0.6 is 15.6 Å². The number of aliphatic hydroxyl groups is 1. The van der Waals surface area contributed by atoms with Crippen molar-refractivity contribution in [1.82, 2.24) is 0 Å². The molecule has 0 bridgehead atoms. The van der Waals surface area contributed by atoms with Gasteiger partial charge >= 0.3 is 39.5 Å². The van der Waals surface area contributed by atoms with Crippen molar-refractivity contribution < 1.29 is 80.2 Å². The molecule has 560 valence electrons. The number of hydrogen-bond donors (Lipinski definition) is 3. The number of carbonyl (C=O) groups excluding carboxylic acids is 4. The second-order valence-corrected chi connectivity index (χ2v) is 27.4. The van der Waals surface area contributed by atoms with Gasteiger partial charge in [0.05, 0.1) is 26.4 Å². The number of unbranched alkanes of at least 4 members (excludes halogenated alkanes) is 21. The van der Waals surface area contributed by atoms with Crippen LogP contribution in [0.5, 0.6) is 0 Å². The molecule has 0 spiro atoms. The molecule has 0 rings (SSSR count). The van der Waals surface area contributed by atoms with Crippen molar-refractivity contribution in [2.45, 2.75) is 303 Å². The van der Waals surface area contributed by atoms with E-state index in [1.54, 1.807) is 0 Å². The van der Waals surface area contributed by atoms with Crippen molar-refractivity contribution in [1.29, 1.82) is 0 Å². The van der Waals surface area contributed by atoms with Crippen LogP contribution in [0.25, 0.3) is 0 Å². The van der Waals surface area contributed by atoms with Gasteiger partial charge in [0.1, 0.15) is 19.3 Å². The van der Waals surface area contributed by atoms with Crippen LogP contribution in [-0.2, 0) is 65.4 Å². The summed E-state index contributed by atoms with van der Waals surface area (Å²) in [7, 11) is -9.97. The van der Waals surface area contributed by atoms with Gasteiger partial charge in [0.15, 0.2) is 12.2 Å². The molecule has 5 atom stereocenters. The Bertz CT molecular complexity index is 2380. The third-order valence-corrected chi connectivity index (χ3v) is 17.0. The smallest absolute Gasteiger partial charge is 0.462 e. The number of phosphoric ester groups is 2.